The van der Waals surface area contributed by atoms with E-state index in [0.717, 1.165) is 44.9 Å². The minimum absolute atomic E-state index is 0.370. The highest BCUT2D eigenvalue weighted by Crippen LogP contribution is 2.20. The molecule has 166 valence electrons. The van der Waals surface area contributed by atoms with E-state index in [1.165, 1.54) is 42.3 Å². The molecule has 0 aliphatic heterocycles. The van der Waals surface area contributed by atoms with Crippen molar-refractivity contribution in [3.8, 4) is 0 Å². The number of unbranched alkanes of at least 4 members (excludes halogenated alkanes) is 4. The third-order valence-corrected chi connectivity index (χ3v) is 6.09. The molecule has 0 saturated carbocycles. The minimum Gasteiger partial charge on any atom is -0.480 e. The first-order valence-corrected chi connectivity index (χ1v) is 11.7. The lowest BCUT2D eigenvalue weighted by Gasteiger charge is -2.15. The van der Waals surface area contributed by atoms with Crippen LogP contribution in [0.2, 0.25) is 5.02 Å². The van der Waals surface area contributed by atoms with Crippen LogP contribution in [0.25, 0.3) is 0 Å². The summed E-state index contributed by atoms with van der Waals surface area (Å²) >= 11 is 5.90. The van der Waals surface area contributed by atoms with E-state index in [2.05, 4.69) is 17.4 Å². The summed E-state index contributed by atoms with van der Waals surface area (Å²) in [7, 11) is 0. The van der Waals surface area contributed by atoms with E-state index in [1.807, 2.05) is 0 Å². The van der Waals surface area contributed by atoms with Crippen molar-refractivity contribution in [1.82, 2.24) is 10.3 Å². The lowest BCUT2D eigenvalue weighted by molar-refractivity contribution is -0.139. The van der Waals surface area contributed by atoms with Gasteiger partial charge in [-0.2, -0.15) is 0 Å². The number of aliphatic carboxylic acids is 1. The van der Waals surface area contributed by atoms with Crippen LogP contribution in [-0.4, -0.2) is 28.0 Å². The molecule has 0 fully saturated rings. The summed E-state index contributed by atoms with van der Waals surface area (Å²) in [5.41, 5.74) is 4.28. The van der Waals surface area contributed by atoms with Crippen LogP contribution < -0.4 is 5.32 Å². The van der Waals surface area contributed by atoms with E-state index >= 15 is 0 Å². The third-order valence-electron chi connectivity index (χ3n) is 5.85. The zero-order valence-corrected chi connectivity index (χ0v) is 18.7. The number of nitrogens with one attached hydrogen (secondary N) is 1. The fourth-order valence-corrected chi connectivity index (χ4v) is 4.27. The molecule has 1 aromatic carbocycles. The maximum absolute atomic E-state index is 12.3. The van der Waals surface area contributed by atoms with Gasteiger partial charge in [0.15, 0.2) is 0 Å². The molecule has 0 saturated heterocycles. The number of pyridine rings is 1. The molecular weight excluding hydrogens is 412 g/mol. The predicted molar refractivity (Wildman–Crippen MR) is 123 cm³/mol. The Bertz CT molecular complexity index is 900. The van der Waals surface area contributed by atoms with Gasteiger partial charge < -0.3 is 10.4 Å². The summed E-state index contributed by atoms with van der Waals surface area (Å²) in [5, 5.41) is 12.5. The van der Waals surface area contributed by atoms with Gasteiger partial charge in [-0.05, 0) is 74.8 Å². The number of aromatic nitrogens is 1. The fraction of sp³-hybridized carbons (Fsp3) is 0.480. The molecule has 0 bridgehead atoms. The second-order valence-corrected chi connectivity index (χ2v) is 8.73. The number of aryl methyl sites for hydroxylation is 3. The van der Waals surface area contributed by atoms with Crippen LogP contribution in [0.4, 0.5) is 0 Å². The molecule has 0 radical (unpaired) electrons. The van der Waals surface area contributed by atoms with Crippen molar-refractivity contribution in [2.24, 2.45) is 0 Å². The molecule has 1 heterocycles. The zero-order valence-electron chi connectivity index (χ0n) is 17.9. The summed E-state index contributed by atoms with van der Waals surface area (Å²) in [4.78, 5) is 28.6. The summed E-state index contributed by atoms with van der Waals surface area (Å²) in [5.74, 6) is -1.42. The maximum Gasteiger partial charge on any atom is 0.326 e. The van der Waals surface area contributed by atoms with Gasteiger partial charge in [-0.15, -0.1) is 0 Å². The van der Waals surface area contributed by atoms with Crippen molar-refractivity contribution < 1.29 is 14.7 Å². The monoisotopic (exact) mass is 442 g/mol. The Labute approximate surface area is 189 Å². The number of halogens is 1. The number of carbonyl (C=O) groups is 2. The van der Waals surface area contributed by atoms with Crippen LogP contribution >= 0.6 is 11.6 Å². The average molecular weight is 443 g/mol. The number of amides is 1. The van der Waals surface area contributed by atoms with Gasteiger partial charge in [0.2, 0.25) is 0 Å². The molecule has 0 spiro atoms. The van der Waals surface area contributed by atoms with Gasteiger partial charge in [-0.3, -0.25) is 9.78 Å². The number of carbonyl (C=O) groups excluding carboxylic acids is 1. The lowest BCUT2D eigenvalue weighted by Crippen LogP contribution is -2.40. The predicted octanol–water partition coefficient (Wildman–Crippen LogP) is 5.38. The SMILES string of the molecule is O=C(NC(CCCCCCCc1ccc2c(n1)CCCC2)C(=O)O)c1cccc(Cl)c1. The van der Waals surface area contributed by atoms with E-state index < -0.39 is 17.9 Å². The Hall–Kier alpha value is -2.40. The van der Waals surface area contributed by atoms with Gasteiger partial charge in [0.25, 0.3) is 5.91 Å². The minimum atomic E-state index is -1.01. The highest BCUT2D eigenvalue weighted by Gasteiger charge is 2.20. The van der Waals surface area contributed by atoms with E-state index in [4.69, 9.17) is 16.6 Å². The van der Waals surface area contributed by atoms with E-state index in [0.29, 0.717) is 17.0 Å². The molecule has 2 aromatic rings. The Morgan fingerprint density at radius 3 is 2.61 bits per heavy atom. The second kappa shape index (κ2) is 11.8. The molecule has 1 atom stereocenters. The van der Waals surface area contributed by atoms with Gasteiger partial charge in [0.1, 0.15) is 6.04 Å². The normalized spacial score (nSPS) is 14.0. The zero-order chi connectivity index (χ0) is 22.1. The van der Waals surface area contributed by atoms with Crippen molar-refractivity contribution in [3.63, 3.8) is 0 Å². The van der Waals surface area contributed by atoms with Gasteiger partial charge in [0.05, 0.1) is 0 Å². The standard InChI is InChI=1S/C25H31ClN2O3/c26-20-11-8-10-19(17-20)24(29)28-23(25(30)31)14-5-3-1-2-4-12-21-16-15-18-9-6-7-13-22(18)27-21/h8,10-11,15-17,23H,1-7,9,12-14H2,(H,28,29)(H,30,31). The largest absolute Gasteiger partial charge is 0.480 e. The molecule has 1 aliphatic carbocycles. The van der Waals surface area contributed by atoms with Crippen molar-refractivity contribution >= 4 is 23.5 Å². The van der Waals surface area contributed by atoms with Gasteiger partial charge in [0, 0.05) is 22.0 Å². The van der Waals surface area contributed by atoms with Crippen molar-refractivity contribution in [1.29, 1.82) is 0 Å². The number of carboxylic acid groups (broad SMARTS) is 1. The molecule has 31 heavy (non-hydrogen) atoms. The number of nitrogens with zero attached hydrogens (tertiary/aromatic N) is 1. The molecule has 3 rings (SSSR count). The van der Waals surface area contributed by atoms with Gasteiger partial charge in [-0.1, -0.05) is 49.4 Å². The molecule has 1 aromatic heterocycles. The number of benzene rings is 1. The Balaban J connectivity index is 1.33. The van der Waals surface area contributed by atoms with Crippen LogP contribution in [-0.2, 0) is 24.1 Å². The quantitative estimate of drug-likeness (QED) is 0.458. The fourth-order valence-electron chi connectivity index (χ4n) is 4.08. The van der Waals surface area contributed by atoms with Crippen LogP contribution in [0.3, 0.4) is 0 Å². The molecular formula is C25H31ClN2O3. The molecule has 1 unspecified atom stereocenters. The highest BCUT2D eigenvalue weighted by atomic mass is 35.5. The topological polar surface area (TPSA) is 79.3 Å². The first kappa shape index (κ1) is 23.3. The van der Waals surface area contributed by atoms with E-state index in [9.17, 15) is 14.7 Å². The Morgan fingerprint density at radius 2 is 1.81 bits per heavy atom. The lowest BCUT2D eigenvalue weighted by atomic mass is 9.95. The molecule has 1 amide bonds. The van der Waals surface area contributed by atoms with E-state index in [1.54, 1.807) is 18.2 Å². The number of carboxylic acids is 1. The second-order valence-electron chi connectivity index (χ2n) is 8.30. The van der Waals surface area contributed by atoms with Crippen molar-refractivity contribution in [3.05, 3.63) is 63.9 Å². The van der Waals surface area contributed by atoms with Gasteiger partial charge >= 0.3 is 5.97 Å². The third kappa shape index (κ3) is 7.35. The number of hydrogen-bond acceptors (Lipinski definition) is 3. The smallest absolute Gasteiger partial charge is 0.326 e. The number of fused-ring (bicyclic) bond motifs is 1. The van der Waals surface area contributed by atoms with Crippen LogP contribution in [0.15, 0.2) is 36.4 Å². The molecule has 2 N–H and O–H groups in total. The first-order valence-electron chi connectivity index (χ1n) is 11.3. The summed E-state index contributed by atoms with van der Waals surface area (Å²) in [6.45, 7) is 0. The van der Waals surface area contributed by atoms with Crippen LogP contribution in [0.5, 0.6) is 0 Å². The highest BCUT2D eigenvalue weighted by molar-refractivity contribution is 6.31. The number of hydrogen-bond donors (Lipinski definition) is 2. The van der Waals surface area contributed by atoms with Gasteiger partial charge in [-0.25, -0.2) is 4.79 Å². The van der Waals surface area contributed by atoms with Crippen LogP contribution in [0, 0.1) is 0 Å². The maximum atomic E-state index is 12.3. The summed E-state index contributed by atoms with van der Waals surface area (Å²) in [6.07, 6.45) is 11.2. The number of rotatable bonds is 11. The van der Waals surface area contributed by atoms with Crippen molar-refractivity contribution in [2.45, 2.75) is 76.7 Å². The summed E-state index contributed by atoms with van der Waals surface area (Å²) in [6, 6.07) is 10.0. The molecule has 6 heteroatoms. The van der Waals surface area contributed by atoms with E-state index in [-0.39, 0.29) is 0 Å². The summed E-state index contributed by atoms with van der Waals surface area (Å²) < 4.78 is 0. The molecule has 1 aliphatic rings. The average Bonchev–Trinajstić information content (AvgIpc) is 2.77. The Kier molecular flexibility index (Phi) is 8.89. The van der Waals surface area contributed by atoms with Crippen LogP contribution in [0.1, 0.15) is 78.7 Å². The van der Waals surface area contributed by atoms with Crippen molar-refractivity contribution in [2.75, 3.05) is 0 Å². The molecule has 5 nitrogen and oxygen atoms in total. The Morgan fingerprint density at radius 1 is 1.03 bits per heavy atom. The first-order chi connectivity index (χ1) is 15.0.